The molecule has 1 rings (SSSR count). The van der Waals surface area contributed by atoms with Crippen LogP contribution < -0.4 is 11.5 Å². The molecule has 0 bridgehead atoms. The number of aromatic nitrogens is 1. The largest absolute Gasteiger partial charge is 0.501 e. The normalized spacial score (nSPS) is 11.7. The Bertz CT molecular complexity index is 669. The summed E-state index contributed by atoms with van der Waals surface area (Å²) in [4.78, 5) is 16.0. The Morgan fingerprint density at radius 3 is 2.30 bits per heavy atom. The van der Waals surface area contributed by atoms with E-state index < -0.39 is 5.91 Å². The molecule has 4 N–H and O–H groups in total. The predicted octanol–water partition coefficient (Wildman–Crippen LogP) is 3.45. The Hall–Kier alpha value is -2.30. The molecule has 0 saturated carbocycles. The van der Waals surface area contributed by atoms with Crippen molar-refractivity contribution < 1.29 is 9.53 Å². The van der Waals surface area contributed by atoms with Crippen LogP contribution in [0.2, 0.25) is 0 Å². The molecule has 5 nitrogen and oxygen atoms in total. The lowest BCUT2D eigenvalue weighted by molar-refractivity contribution is 0.0996. The van der Waals surface area contributed by atoms with Crippen LogP contribution in [0.15, 0.2) is 23.0 Å². The average Bonchev–Trinajstić information content (AvgIpc) is 2.48. The number of nitrogen functional groups attached to an aromatic ring is 1. The lowest BCUT2D eigenvalue weighted by atomic mass is 9.91. The number of pyridine rings is 1. The maximum atomic E-state index is 11.7. The molecule has 1 aromatic rings. The zero-order valence-corrected chi connectivity index (χ0v) is 14.9. The van der Waals surface area contributed by atoms with Crippen molar-refractivity contribution in [3.63, 3.8) is 0 Å². The van der Waals surface area contributed by atoms with Crippen LogP contribution in [0.4, 0.5) is 5.69 Å². The fraction of sp³-hybridized carbons (Fsp3) is 0.444. The van der Waals surface area contributed by atoms with Crippen LogP contribution in [0.5, 0.6) is 0 Å². The van der Waals surface area contributed by atoms with Crippen molar-refractivity contribution in [1.29, 1.82) is 0 Å². The van der Waals surface area contributed by atoms with Gasteiger partial charge in [-0.25, -0.2) is 4.98 Å². The third-order valence-electron chi connectivity index (χ3n) is 3.83. The summed E-state index contributed by atoms with van der Waals surface area (Å²) >= 11 is 0. The lowest BCUT2D eigenvalue weighted by Crippen LogP contribution is -2.18. The summed E-state index contributed by atoms with van der Waals surface area (Å²) in [7, 11) is 1.63. The topological polar surface area (TPSA) is 91.2 Å². The van der Waals surface area contributed by atoms with Gasteiger partial charge in [-0.2, -0.15) is 0 Å². The number of primary amides is 1. The fourth-order valence-corrected chi connectivity index (χ4v) is 2.56. The van der Waals surface area contributed by atoms with Gasteiger partial charge in [0.2, 0.25) is 0 Å². The number of hydrogen-bond donors (Lipinski definition) is 2. The van der Waals surface area contributed by atoms with E-state index in [1.807, 2.05) is 33.8 Å². The molecule has 0 aliphatic heterocycles. The molecule has 0 aliphatic rings. The molecular formula is C18H27N3O2. The maximum Gasteiger partial charge on any atom is 0.269 e. The van der Waals surface area contributed by atoms with Gasteiger partial charge >= 0.3 is 0 Å². The van der Waals surface area contributed by atoms with E-state index in [-0.39, 0.29) is 5.69 Å². The van der Waals surface area contributed by atoms with Crippen LogP contribution in [-0.4, -0.2) is 18.0 Å². The molecule has 0 atom stereocenters. The number of carbonyl (C=O) groups is 1. The highest BCUT2D eigenvalue weighted by molar-refractivity contribution is 6.00. The molecule has 23 heavy (non-hydrogen) atoms. The number of allylic oxidation sites excluding steroid dienone is 4. The number of methoxy groups -OCH3 is 1. The average molecular weight is 317 g/mol. The Morgan fingerprint density at radius 1 is 1.26 bits per heavy atom. The lowest BCUT2D eigenvalue weighted by Gasteiger charge is -2.18. The van der Waals surface area contributed by atoms with E-state index >= 15 is 0 Å². The maximum absolute atomic E-state index is 11.7. The molecule has 0 radical (unpaired) electrons. The zero-order valence-electron chi connectivity index (χ0n) is 14.9. The number of rotatable bonds is 6. The van der Waals surface area contributed by atoms with E-state index in [4.69, 9.17) is 16.2 Å². The van der Waals surface area contributed by atoms with Crippen LogP contribution >= 0.6 is 0 Å². The highest BCUT2D eigenvalue weighted by Gasteiger charge is 2.19. The van der Waals surface area contributed by atoms with Crippen LogP contribution in [0.25, 0.3) is 5.57 Å². The molecule has 0 aliphatic carbocycles. The molecular weight excluding hydrogens is 290 g/mol. The van der Waals surface area contributed by atoms with Gasteiger partial charge in [-0.05, 0) is 51.3 Å². The summed E-state index contributed by atoms with van der Waals surface area (Å²) < 4.78 is 5.36. The number of aryl methyl sites for hydroxylation is 1. The standard InChI is InChI=1S/C18H27N3O2/c1-7-8-13-9-14(16(19)17(21-13)18(20)22)15(10(2)3)11(4)12(5)23-6/h9H,7-8,19H2,1-6H3,(H2,20,22)/b12-11+. The summed E-state index contributed by atoms with van der Waals surface area (Å²) in [6, 6.07) is 1.94. The summed E-state index contributed by atoms with van der Waals surface area (Å²) in [5.74, 6) is 0.190. The molecule has 0 fully saturated rings. The first kappa shape index (κ1) is 18.7. The van der Waals surface area contributed by atoms with Gasteiger partial charge in [0.25, 0.3) is 5.91 Å². The highest BCUT2D eigenvalue weighted by atomic mass is 16.5. The van der Waals surface area contributed by atoms with Crippen molar-refractivity contribution >= 4 is 17.2 Å². The van der Waals surface area contributed by atoms with Gasteiger partial charge in [0, 0.05) is 11.3 Å². The van der Waals surface area contributed by atoms with Crippen molar-refractivity contribution in [3.8, 4) is 0 Å². The first-order chi connectivity index (χ1) is 10.7. The molecule has 0 saturated heterocycles. The molecule has 5 heteroatoms. The van der Waals surface area contributed by atoms with Gasteiger partial charge < -0.3 is 16.2 Å². The summed E-state index contributed by atoms with van der Waals surface area (Å²) in [5, 5.41) is 0. The van der Waals surface area contributed by atoms with Crippen LogP contribution in [0.3, 0.4) is 0 Å². The van der Waals surface area contributed by atoms with E-state index in [1.54, 1.807) is 7.11 Å². The third-order valence-corrected chi connectivity index (χ3v) is 3.83. The van der Waals surface area contributed by atoms with E-state index in [2.05, 4.69) is 11.9 Å². The zero-order chi connectivity index (χ0) is 17.7. The summed E-state index contributed by atoms with van der Waals surface area (Å²) in [6.07, 6.45) is 1.68. The Morgan fingerprint density at radius 2 is 1.87 bits per heavy atom. The highest BCUT2D eigenvalue weighted by Crippen LogP contribution is 2.34. The number of ether oxygens (including phenoxy) is 1. The number of anilines is 1. The summed E-state index contributed by atoms with van der Waals surface area (Å²) in [6.45, 7) is 9.95. The molecule has 0 aromatic carbocycles. The van der Waals surface area contributed by atoms with Gasteiger partial charge in [0.1, 0.15) is 0 Å². The predicted molar refractivity (Wildman–Crippen MR) is 94.8 cm³/mol. The number of carbonyl (C=O) groups excluding carboxylic acids is 1. The smallest absolute Gasteiger partial charge is 0.269 e. The van der Waals surface area contributed by atoms with E-state index in [1.165, 1.54) is 0 Å². The van der Waals surface area contributed by atoms with Gasteiger partial charge in [-0.3, -0.25) is 4.79 Å². The van der Waals surface area contributed by atoms with Crippen molar-refractivity contribution in [2.75, 3.05) is 12.8 Å². The van der Waals surface area contributed by atoms with Crippen molar-refractivity contribution in [2.45, 2.75) is 47.5 Å². The van der Waals surface area contributed by atoms with Gasteiger partial charge in [-0.1, -0.05) is 18.9 Å². The fourth-order valence-electron chi connectivity index (χ4n) is 2.56. The van der Waals surface area contributed by atoms with E-state index in [0.29, 0.717) is 5.69 Å². The number of nitrogens with two attached hydrogens (primary N) is 2. The third kappa shape index (κ3) is 4.12. The summed E-state index contributed by atoms with van der Waals surface area (Å²) in [5.41, 5.74) is 16.7. The van der Waals surface area contributed by atoms with E-state index in [0.717, 1.165) is 46.6 Å². The van der Waals surface area contributed by atoms with Crippen molar-refractivity contribution in [1.82, 2.24) is 4.98 Å². The minimum Gasteiger partial charge on any atom is -0.501 e. The Labute approximate surface area is 138 Å². The second kappa shape index (κ2) is 7.81. The van der Waals surface area contributed by atoms with Crippen LogP contribution in [0, 0.1) is 0 Å². The second-order valence-corrected chi connectivity index (χ2v) is 5.80. The van der Waals surface area contributed by atoms with Crippen molar-refractivity contribution in [2.24, 2.45) is 5.73 Å². The Balaban J connectivity index is 3.74. The number of amides is 1. The first-order valence-electron chi connectivity index (χ1n) is 7.73. The molecule has 0 unspecified atom stereocenters. The van der Waals surface area contributed by atoms with Crippen molar-refractivity contribution in [3.05, 3.63) is 39.9 Å². The first-order valence-corrected chi connectivity index (χ1v) is 7.73. The minimum atomic E-state index is -0.611. The SMILES string of the molecule is CCCc1cc(C(=C(C)C)/C(C)=C(\C)OC)c(N)c(C(N)=O)n1. The minimum absolute atomic E-state index is 0.132. The Kier molecular flexibility index (Phi) is 6.37. The van der Waals surface area contributed by atoms with E-state index in [9.17, 15) is 4.79 Å². The molecule has 1 amide bonds. The van der Waals surface area contributed by atoms with Gasteiger partial charge in [-0.15, -0.1) is 0 Å². The molecule has 0 spiro atoms. The molecule has 1 heterocycles. The second-order valence-electron chi connectivity index (χ2n) is 5.80. The number of hydrogen-bond acceptors (Lipinski definition) is 4. The number of nitrogens with zero attached hydrogens (tertiary/aromatic N) is 1. The van der Waals surface area contributed by atoms with Crippen LogP contribution in [-0.2, 0) is 11.2 Å². The monoisotopic (exact) mass is 317 g/mol. The quantitative estimate of drug-likeness (QED) is 0.621. The van der Waals surface area contributed by atoms with Gasteiger partial charge in [0.05, 0.1) is 18.6 Å². The molecule has 126 valence electrons. The molecule has 1 aromatic heterocycles. The van der Waals surface area contributed by atoms with Crippen LogP contribution in [0.1, 0.15) is 62.8 Å². The van der Waals surface area contributed by atoms with Gasteiger partial charge in [0.15, 0.2) is 5.69 Å².